The van der Waals surface area contributed by atoms with Gasteiger partial charge in [-0.1, -0.05) is 24.3 Å². The van der Waals surface area contributed by atoms with Crippen LogP contribution in [0.25, 0.3) is 0 Å². The number of nitrogens with zero attached hydrogens (tertiary/aromatic N) is 3. The second-order valence-corrected chi connectivity index (χ2v) is 3.99. The molecule has 0 aliphatic rings. The van der Waals surface area contributed by atoms with E-state index in [1.54, 1.807) is 16.9 Å². The van der Waals surface area contributed by atoms with Crippen LogP contribution in [-0.2, 0) is 6.54 Å². The molecule has 0 amide bonds. The van der Waals surface area contributed by atoms with Crippen molar-refractivity contribution in [2.75, 3.05) is 0 Å². The summed E-state index contributed by atoms with van der Waals surface area (Å²) in [7, 11) is 0. The lowest BCUT2D eigenvalue weighted by Crippen LogP contribution is -2.08. The van der Waals surface area contributed by atoms with Gasteiger partial charge in [-0.2, -0.15) is 0 Å². The predicted molar refractivity (Wildman–Crippen MR) is 62.7 cm³/mol. The molecule has 0 saturated heterocycles. The molecule has 1 aromatic heterocycles. The van der Waals surface area contributed by atoms with Crippen molar-refractivity contribution in [3.05, 3.63) is 47.5 Å². The Labute approximate surface area is 99.2 Å². The Hall–Kier alpha value is -1.75. The molecular weight excluding hydrogens is 219 g/mol. The van der Waals surface area contributed by atoms with Crippen LogP contribution < -0.4 is 5.73 Å². The van der Waals surface area contributed by atoms with Crippen molar-refractivity contribution in [3.63, 3.8) is 0 Å². The normalized spacial score (nSPS) is 12.6. The Bertz CT molecular complexity index is 495. The van der Waals surface area contributed by atoms with Crippen molar-refractivity contribution in [2.45, 2.75) is 25.9 Å². The van der Waals surface area contributed by atoms with Crippen LogP contribution in [0.5, 0.6) is 0 Å². The van der Waals surface area contributed by atoms with Crippen LogP contribution in [0.1, 0.15) is 30.6 Å². The van der Waals surface area contributed by atoms with Gasteiger partial charge in [-0.05, 0) is 24.1 Å². The minimum atomic E-state index is -0.243. The molecule has 0 bridgehead atoms. The molecule has 4 nitrogen and oxygen atoms in total. The van der Waals surface area contributed by atoms with Gasteiger partial charge in [0.2, 0.25) is 0 Å². The average molecular weight is 234 g/mol. The van der Waals surface area contributed by atoms with Crippen LogP contribution in [0.3, 0.4) is 0 Å². The molecule has 1 heterocycles. The molecule has 2 aromatic rings. The second kappa shape index (κ2) is 5.05. The van der Waals surface area contributed by atoms with Gasteiger partial charge in [0.15, 0.2) is 0 Å². The third kappa shape index (κ3) is 2.88. The second-order valence-electron chi connectivity index (χ2n) is 3.99. The number of hydrogen-bond donors (Lipinski definition) is 1. The first kappa shape index (κ1) is 11.7. The fraction of sp³-hybridized carbons (Fsp3) is 0.333. The van der Waals surface area contributed by atoms with Crippen molar-refractivity contribution in [2.24, 2.45) is 5.73 Å². The average Bonchev–Trinajstić information content (AvgIpc) is 2.76. The van der Waals surface area contributed by atoms with E-state index in [4.69, 9.17) is 5.73 Å². The van der Waals surface area contributed by atoms with E-state index in [0.717, 1.165) is 17.7 Å². The minimum absolute atomic E-state index is 0.0868. The zero-order valence-corrected chi connectivity index (χ0v) is 9.68. The summed E-state index contributed by atoms with van der Waals surface area (Å²) >= 11 is 0. The van der Waals surface area contributed by atoms with Gasteiger partial charge in [-0.25, -0.2) is 9.07 Å². The summed E-state index contributed by atoms with van der Waals surface area (Å²) in [6.45, 7) is 2.50. The third-order valence-corrected chi connectivity index (χ3v) is 2.61. The molecule has 0 saturated carbocycles. The smallest absolute Gasteiger partial charge is 0.123 e. The molecule has 0 spiro atoms. The summed E-state index contributed by atoms with van der Waals surface area (Å²) < 4.78 is 14.7. The lowest BCUT2D eigenvalue weighted by atomic mass is 10.2. The molecule has 0 aliphatic carbocycles. The highest BCUT2D eigenvalue weighted by atomic mass is 19.1. The van der Waals surface area contributed by atoms with E-state index in [9.17, 15) is 4.39 Å². The standard InChI is InChI=1S/C12H15FN4/c1-2-11(14)12-8-17(16-15-12)7-9-4-3-5-10(13)6-9/h3-6,8,11H,2,7,14H2,1H3. The SMILES string of the molecule is CCC(N)c1cn(Cc2cccc(F)c2)nn1. The van der Waals surface area contributed by atoms with E-state index < -0.39 is 0 Å². The van der Waals surface area contributed by atoms with Gasteiger partial charge < -0.3 is 5.73 Å². The van der Waals surface area contributed by atoms with Crippen molar-refractivity contribution in [1.82, 2.24) is 15.0 Å². The molecule has 2 N–H and O–H groups in total. The quantitative estimate of drug-likeness (QED) is 0.878. The van der Waals surface area contributed by atoms with Gasteiger partial charge in [0.1, 0.15) is 5.82 Å². The van der Waals surface area contributed by atoms with Crippen LogP contribution >= 0.6 is 0 Å². The molecule has 2 rings (SSSR count). The number of benzene rings is 1. The predicted octanol–water partition coefficient (Wildman–Crippen LogP) is 1.88. The summed E-state index contributed by atoms with van der Waals surface area (Å²) in [5.74, 6) is -0.243. The monoisotopic (exact) mass is 234 g/mol. The number of hydrogen-bond acceptors (Lipinski definition) is 3. The van der Waals surface area contributed by atoms with E-state index in [-0.39, 0.29) is 11.9 Å². The summed E-state index contributed by atoms with van der Waals surface area (Å²) in [4.78, 5) is 0. The first-order chi connectivity index (χ1) is 8.19. The molecule has 1 aromatic carbocycles. The zero-order valence-electron chi connectivity index (χ0n) is 9.68. The number of nitrogens with two attached hydrogens (primary N) is 1. The summed E-state index contributed by atoms with van der Waals surface area (Å²) in [6, 6.07) is 6.35. The van der Waals surface area contributed by atoms with Gasteiger partial charge in [0.25, 0.3) is 0 Å². The van der Waals surface area contributed by atoms with Crippen molar-refractivity contribution in [3.8, 4) is 0 Å². The summed E-state index contributed by atoms with van der Waals surface area (Å²) in [5, 5.41) is 7.97. The maximum absolute atomic E-state index is 13.0. The van der Waals surface area contributed by atoms with Crippen LogP contribution in [0, 0.1) is 5.82 Å². The van der Waals surface area contributed by atoms with Crippen LogP contribution in [0.15, 0.2) is 30.5 Å². The summed E-state index contributed by atoms with van der Waals surface area (Å²) in [6.07, 6.45) is 2.62. The third-order valence-electron chi connectivity index (χ3n) is 2.61. The van der Waals surface area contributed by atoms with Gasteiger partial charge >= 0.3 is 0 Å². The van der Waals surface area contributed by atoms with Gasteiger partial charge in [-0.15, -0.1) is 5.10 Å². The van der Waals surface area contributed by atoms with Gasteiger partial charge in [-0.3, -0.25) is 0 Å². The Kier molecular flexibility index (Phi) is 3.49. The first-order valence-corrected chi connectivity index (χ1v) is 5.59. The van der Waals surface area contributed by atoms with E-state index in [1.165, 1.54) is 12.1 Å². The van der Waals surface area contributed by atoms with Crippen molar-refractivity contribution >= 4 is 0 Å². The zero-order chi connectivity index (χ0) is 12.3. The Morgan fingerprint density at radius 3 is 3.00 bits per heavy atom. The maximum atomic E-state index is 13.0. The fourth-order valence-corrected chi connectivity index (χ4v) is 1.59. The van der Waals surface area contributed by atoms with Gasteiger partial charge in [0, 0.05) is 0 Å². The lowest BCUT2D eigenvalue weighted by Gasteiger charge is -2.02. The van der Waals surface area contributed by atoms with E-state index in [0.29, 0.717) is 6.54 Å². The van der Waals surface area contributed by atoms with Crippen molar-refractivity contribution < 1.29 is 4.39 Å². The minimum Gasteiger partial charge on any atom is -0.323 e. The van der Waals surface area contributed by atoms with Crippen LogP contribution in [0.4, 0.5) is 4.39 Å². The van der Waals surface area contributed by atoms with E-state index >= 15 is 0 Å². The Balaban J connectivity index is 2.11. The molecule has 0 fully saturated rings. The number of aromatic nitrogens is 3. The van der Waals surface area contributed by atoms with E-state index in [1.807, 2.05) is 13.0 Å². The molecular formula is C12H15FN4. The highest BCUT2D eigenvalue weighted by molar-refractivity contribution is 5.16. The number of rotatable bonds is 4. The lowest BCUT2D eigenvalue weighted by molar-refractivity contribution is 0.614. The molecule has 1 unspecified atom stereocenters. The van der Waals surface area contributed by atoms with Gasteiger partial charge in [0.05, 0.1) is 24.5 Å². The molecule has 17 heavy (non-hydrogen) atoms. The fourth-order valence-electron chi connectivity index (χ4n) is 1.59. The van der Waals surface area contributed by atoms with Crippen molar-refractivity contribution in [1.29, 1.82) is 0 Å². The Morgan fingerprint density at radius 1 is 1.47 bits per heavy atom. The largest absolute Gasteiger partial charge is 0.323 e. The first-order valence-electron chi connectivity index (χ1n) is 5.59. The molecule has 90 valence electrons. The highest BCUT2D eigenvalue weighted by Crippen LogP contribution is 2.10. The van der Waals surface area contributed by atoms with Crippen LogP contribution in [0.2, 0.25) is 0 Å². The summed E-state index contributed by atoms with van der Waals surface area (Å²) in [5.41, 5.74) is 7.47. The molecule has 1 atom stereocenters. The van der Waals surface area contributed by atoms with E-state index in [2.05, 4.69) is 10.3 Å². The number of halogens is 1. The molecule has 0 radical (unpaired) electrons. The highest BCUT2D eigenvalue weighted by Gasteiger charge is 2.08. The Morgan fingerprint density at radius 2 is 2.29 bits per heavy atom. The molecule has 5 heteroatoms. The maximum Gasteiger partial charge on any atom is 0.123 e. The topological polar surface area (TPSA) is 56.7 Å². The molecule has 0 aliphatic heterocycles. The van der Waals surface area contributed by atoms with Crippen LogP contribution in [-0.4, -0.2) is 15.0 Å².